The number of hydrogen-bond donors (Lipinski definition) is 2. The third kappa shape index (κ3) is 3.31. The summed E-state index contributed by atoms with van der Waals surface area (Å²) in [6, 6.07) is 3.54. The van der Waals surface area contributed by atoms with Crippen LogP contribution in [0.5, 0.6) is 0 Å². The van der Waals surface area contributed by atoms with E-state index in [1.807, 2.05) is 0 Å². The highest BCUT2D eigenvalue weighted by molar-refractivity contribution is 6.44. The van der Waals surface area contributed by atoms with Crippen molar-refractivity contribution in [3.05, 3.63) is 32.8 Å². The maximum absolute atomic E-state index is 9.89. The zero-order valence-corrected chi connectivity index (χ0v) is 12.2. The second-order valence-corrected chi connectivity index (χ2v) is 5.85. The van der Waals surface area contributed by atoms with Gasteiger partial charge in [-0.05, 0) is 25.0 Å². The molecule has 100 valence electrons. The van der Waals surface area contributed by atoms with E-state index < -0.39 is 0 Å². The van der Waals surface area contributed by atoms with Crippen molar-refractivity contribution in [2.75, 3.05) is 0 Å². The van der Waals surface area contributed by atoms with Gasteiger partial charge in [-0.25, -0.2) is 0 Å². The third-order valence-electron chi connectivity index (χ3n) is 3.41. The van der Waals surface area contributed by atoms with Crippen LogP contribution in [-0.4, -0.2) is 17.3 Å². The van der Waals surface area contributed by atoms with Crippen LogP contribution in [0, 0.1) is 0 Å². The fraction of sp³-hybridized carbons (Fsp3) is 0.538. The minimum Gasteiger partial charge on any atom is -0.392 e. The SMILES string of the molecule is OC1CCCCC1NCc1c(Cl)ccc(Cl)c1Cl. The van der Waals surface area contributed by atoms with Crippen molar-refractivity contribution >= 4 is 34.8 Å². The van der Waals surface area contributed by atoms with Crippen LogP contribution in [0.1, 0.15) is 31.2 Å². The Balaban J connectivity index is 2.03. The van der Waals surface area contributed by atoms with Gasteiger partial charge in [0.05, 0.1) is 16.1 Å². The lowest BCUT2D eigenvalue weighted by Crippen LogP contribution is -2.41. The highest BCUT2D eigenvalue weighted by atomic mass is 35.5. The van der Waals surface area contributed by atoms with Crippen LogP contribution in [0.25, 0.3) is 0 Å². The Labute approximate surface area is 122 Å². The minimum absolute atomic E-state index is 0.116. The summed E-state index contributed by atoms with van der Waals surface area (Å²) >= 11 is 18.2. The Kier molecular flexibility index (Phi) is 5.16. The first-order valence-corrected chi connectivity index (χ1v) is 7.27. The van der Waals surface area contributed by atoms with Crippen molar-refractivity contribution in [2.24, 2.45) is 0 Å². The van der Waals surface area contributed by atoms with Crippen molar-refractivity contribution in [1.29, 1.82) is 0 Å². The van der Waals surface area contributed by atoms with Gasteiger partial charge in [-0.2, -0.15) is 0 Å². The fourth-order valence-electron chi connectivity index (χ4n) is 2.31. The maximum Gasteiger partial charge on any atom is 0.0693 e. The van der Waals surface area contributed by atoms with Gasteiger partial charge in [0.15, 0.2) is 0 Å². The number of halogens is 3. The predicted molar refractivity (Wildman–Crippen MR) is 76.6 cm³/mol. The standard InChI is InChI=1S/C13H16Cl3NO/c14-9-5-6-10(15)13(16)8(9)7-17-11-3-1-2-4-12(11)18/h5-6,11-12,17-18H,1-4,7H2. The Hall–Kier alpha value is 0.01000. The monoisotopic (exact) mass is 307 g/mol. The van der Waals surface area contributed by atoms with Crippen LogP contribution in [0.2, 0.25) is 15.1 Å². The molecule has 1 aromatic carbocycles. The number of hydrogen-bond acceptors (Lipinski definition) is 2. The van der Waals surface area contributed by atoms with E-state index in [0.29, 0.717) is 21.6 Å². The van der Waals surface area contributed by atoms with Crippen molar-refractivity contribution in [3.63, 3.8) is 0 Å². The molecule has 2 rings (SSSR count). The van der Waals surface area contributed by atoms with E-state index >= 15 is 0 Å². The van der Waals surface area contributed by atoms with Crippen LogP contribution in [0.15, 0.2) is 12.1 Å². The summed E-state index contributed by atoms with van der Waals surface area (Å²) in [6.07, 6.45) is 3.80. The van der Waals surface area contributed by atoms with Gasteiger partial charge >= 0.3 is 0 Å². The van der Waals surface area contributed by atoms with Crippen LogP contribution in [0.3, 0.4) is 0 Å². The van der Waals surface area contributed by atoms with Crippen molar-refractivity contribution in [2.45, 2.75) is 44.4 Å². The van der Waals surface area contributed by atoms with Gasteiger partial charge < -0.3 is 10.4 Å². The lowest BCUT2D eigenvalue weighted by atomic mass is 9.92. The van der Waals surface area contributed by atoms with E-state index in [-0.39, 0.29) is 12.1 Å². The molecule has 1 aliphatic rings. The predicted octanol–water partition coefficient (Wildman–Crippen LogP) is 4.04. The summed E-state index contributed by atoms with van der Waals surface area (Å²) < 4.78 is 0. The average Bonchev–Trinajstić information content (AvgIpc) is 2.36. The first-order valence-electron chi connectivity index (χ1n) is 6.13. The van der Waals surface area contributed by atoms with Crippen molar-refractivity contribution < 1.29 is 5.11 Å². The van der Waals surface area contributed by atoms with Gasteiger partial charge in [-0.15, -0.1) is 0 Å². The van der Waals surface area contributed by atoms with Crippen LogP contribution < -0.4 is 5.32 Å². The lowest BCUT2D eigenvalue weighted by molar-refractivity contribution is 0.0903. The third-order valence-corrected chi connectivity index (χ3v) is 4.61. The zero-order chi connectivity index (χ0) is 13.1. The summed E-state index contributed by atoms with van der Waals surface area (Å²) in [6.45, 7) is 0.528. The van der Waals surface area contributed by atoms with Gasteiger partial charge in [0.25, 0.3) is 0 Å². The largest absolute Gasteiger partial charge is 0.392 e. The zero-order valence-electron chi connectivity index (χ0n) is 9.93. The molecule has 1 fully saturated rings. The molecule has 5 heteroatoms. The van der Waals surface area contributed by atoms with Gasteiger partial charge in [-0.3, -0.25) is 0 Å². The summed E-state index contributed by atoms with van der Waals surface area (Å²) in [5, 5.41) is 14.8. The van der Waals surface area contributed by atoms with Crippen molar-refractivity contribution in [1.82, 2.24) is 5.32 Å². The molecule has 2 nitrogen and oxygen atoms in total. The topological polar surface area (TPSA) is 32.3 Å². The Morgan fingerprint density at radius 1 is 1.11 bits per heavy atom. The van der Waals surface area contributed by atoms with E-state index in [0.717, 1.165) is 31.2 Å². The minimum atomic E-state index is -0.282. The van der Waals surface area contributed by atoms with Gasteiger partial charge in [-0.1, -0.05) is 47.6 Å². The Bertz CT molecular complexity index is 425. The molecule has 0 aliphatic heterocycles. The molecule has 0 bridgehead atoms. The fourth-order valence-corrected chi connectivity index (χ4v) is 2.99. The normalized spacial score (nSPS) is 24.2. The molecule has 1 aliphatic carbocycles. The highest BCUT2D eigenvalue weighted by Gasteiger charge is 2.23. The molecule has 1 saturated carbocycles. The number of aliphatic hydroxyl groups is 1. The molecule has 18 heavy (non-hydrogen) atoms. The average molecular weight is 309 g/mol. The van der Waals surface area contributed by atoms with Gasteiger partial charge in [0.1, 0.15) is 0 Å². The highest BCUT2D eigenvalue weighted by Crippen LogP contribution is 2.31. The number of benzene rings is 1. The maximum atomic E-state index is 9.89. The van der Waals surface area contributed by atoms with Crippen LogP contribution in [0.4, 0.5) is 0 Å². The summed E-state index contributed by atoms with van der Waals surface area (Å²) in [5.74, 6) is 0. The Morgan fingerprint density at radius 3 is 2.50 bits per heavy atom. The van der Waals surface area contributed by atoms with E-state index in [1.165, 1.54) is 0 Å². The van der Waals surface area contributed by atoms with E-state index in [2.05, 4.69) is 5.32 Å². The molecule has 0 amide bonds. The van der Waals surface area contributed by atoms with Gasteiger partial charge in [0.2, 0.25) is 0 Å². The lowest BCUT2D eigenvalue weighted by Gasteiger charge is -2.28. The molecule has 0 spiro atoms. The van der Waals surface area contributed by atoms with Crippen LogP contribution >= 0.6 is 34.8 Å². The first-order chi connectivity index (χ1) is 8.59. The summed E-state index contributed by atoms with van der Waals surface area (Å²) in [5.41, 5.74) is 0.795. The van der Waals surface area contributed by atoms with Crippen molar-refractivity contribution in [3.8, 4) is 0 Å². The molecule has 2 atom stereocenters. The molecule has 2 unspecified atom stereocenters. The molecular weight excluding hydrogens is 293 g/mol. The van der Waals surface area contributed by atoms with E-state index in [9.17, 15) is 5.11 Å². The number of aliphatic hydroxyl groups excluding tert-OH is 1. The molecule has 2 N–H and O–H groups in total. The van der Waals surface area contributed by atoms with Gasteiger partial charge in [0, 0.05) is 23.2 Å². The van der Waals surface area contributed by atoms with Crippen LogP contribution in [-0.2, 0) is 6.54 Å². The molecule has 0 radical (unpaired) electrons. The molecule has 0 aromatic heterocycles. The van der Waals surface area contributed by atoms with E-state index in [1.54, 1.807) is 12.1 Å². The summed E-state index contributed by atoms with van der Waals surface area (Å²) in [7, 11) is 0. The number of rotatable bonds is 3. The number of nitrogens with one attached hydrogen (secondary N) is 1. The molecule has 0 heterocycles. The second-order valence-electron chi connectivity index (χ2n) is 4.66. The second kappa shape index (κ2) is 6.44. The van der Waals surface area contributed by atoms with E-state index in [4.69, 9.17) is 34.8 Å². The molecule has 0 saturated heterocycles. The smallest absolute Gasteiger partial charge is 0.0693 e. The molecule has 1 aromatic rings. The Morgan fingerprint density at radius 2 is 1.78 bits per heavy atom. The quantitative estimate of drug-likeness (QED) is 0.826. The summed E-state index contributed by atoms with van der Waals surface area (Å²) in [4.78, 5) is 0. The molecular formula is C13H16Cl3NO. The first kappa shape index (κ1) is 14.4.